The van der Waals surface area contributed by atoms with Crippen molar-refractivity contribution in [3.63, 3.8) is 0 Å². The van der Waals surface area contributed by atoms with Gasteiger partial charge in [0.25, 0.3) is 0 Å². The van der Waals surface area contributed by atoms with Gasteiger partial charge in [0, 0.05) is 10.0 Å². The number of nitrogens with two attached hydrogens (primary N) is 1. The van der Waals surface area contributed by atoms with Crippen molar-refractivity contribution in [3.05, 3.63) is 33.8 Å². The molecule has 0 radical (unpaired) electrons. The van der Waals surface area contributed by atoms with Gasteiger partial charge in [0.15, 0.2) is 0 Å². The SMILES string of the molecule is N[C@@H](Cc1cc(Br)cc(C2(C(F)(F)F)N=N2)c1)C(=O)O. The van der Waals surface area contributed by atoms with Gasteiger partial charge in [-0.05, 0) is 24.1 Å². The van der Waals surface area contributed by atoms with Gasteiger partial charge in [0.05, 0.1) is 0 Å². The molecule has 0 spiro atoms. The molecule has 0 bridgehead atoms. The van der Waals surface area contributed by atoms with Crippen molar-refractivity contribution in [3.8, 4) is 0 Å². The van der Waals surface area contributed by atoms with Gasteiger partial charge in [-0.2, -0.15) is 13.2 Å². The second-order valence-electron chi connectivity index (χ2n) is 4.37. The maximum absolute atomic E-state index is 12.9. The Morgan fingerprint density at radius 3 is 2.45 bits per heavy atom. The first-order valence-corrected chi connectivity index (χ1v) is 6.24. The summed E-state index contributed by atoms with van der Waals surface area (Å²) in [5.41, 5.74) is 3.05. The highest BCUT2D eigenvalue weighted by molar-refractivity contribution is 9.10. The molecule has 5 nitrogen and oxygen atoms in total. The van der Waals surface area contributed by atoms with Crippen LogP contribution in [0.3, 0.4) is 0 Å². The van der Waals surface area contributed by atoms with Gasteiger partial charge < -0.3 is 10.8 Å². The molecule has 0 unspecified atom stereocenters. The number of carboxylic acids is 1. The lowest BCUT2D eigenvalue weighted by Crippen LogP contribution is -2.33. The Labute approximate surface area is 119 Å². The van der Waals surface area contributed by atoms with Crippen molar-refractivity contribution in [1.82, 2.24) is 0 Å². The predicted octanol–water partition coefficient (Wildman–Crippen LogP) is 2.58. The normalized spacial score (nSPS) is 17.9. The average molecular weight is 352 g/mol. The van der Waals surface area contributed by atoms with Crippen LogP contribution in [-0.4, -0.2) is 23.3 Å². The highest BCUT2D eigenvalue weighted by Crippen LogP contribution is 2.52. The Hall–Kier alpha value is -1.48. The Morgan fingerprint density at radius 2 is 2.00 bits per heavy atom. The van der Waals surface area contributed by atoms with Gasteiger partial charge >= 0.3 is 17.8 Å². The van der Waals surface area contributed by atoms with Crippen LogP contribution in [0.1, 0.15) is 11.1 Å². The van der Waals surface area contributed by atoms with Crippen LogP contribution in [0.4, 0.5) is 13.2 Å². The van der Waals surface area contributed by atoms with E-state index in [0.717, 1.165) is 0 Å². The summed E-state index contributed by atoms with van der Waals surface area (Å²) < 4.78 is 39.1. The molecule has 1 aliphatic heterocycles. The van der Waals surface area contributed by atoms with Crippen molar-refractivity contribution in [2.45, 2.75) is 24.3 Å². The molecule has 1 heterocycles. The van der Waals surface area contributed by atoms with Crippen LogP contribution in [0.5, 0.6) is 0 Å². The number of halogens is 4. The summed E-state index contributed by atoms with van der Waals surface area (Å²) in [6.07, 6.45) is -4.71. The zero-order valence-electron chi connectivity index (χ0n) is 9.86. The third-order valence-electron chi connectivity index (χ3n) is 2.83. The fourth-order valence-corrected chi connectivity index (χ4v) is 2.29. The zero-order chi connectivity index (χ0) is 15.1. The van der Waals surface area contributed by atoms with Crippen molar-refractivity contribution >= 4 is 21.9 Å². The number of alkyl halides is 3. The summed E-state index contributed by atoms with van der Waals surface area (Å²) in [6.45, 7) is 0. The number of aliphatic carboxylic acids is 1. The van der Waals surface area contributed by atoms with Gasteiger partial charge in [-0.3, -0.25) is 4.79 Å². The van der Waals surface area contributed by atoms with E-state index >= 15 is 0 Å². The minimum Gasteiger partial charge on any atom is -0.480 e. The number of hydrogen-bond donors (Lipinski definition) is 2. The van der Waals surface area contributed by atoms with Gasteiger partial charge in [0.2, 0.25) is 0 Å². The summed E-state index contributed by atoms with van der Waals surface area (Å²) >= 11 is 3.09. The van der Waals surface area contributed by atoms with Crippen LogP contribution in [0.25, 0.3) is 0 Å². The molecular formula is C11H9BrF3N3O2. The van der Waals surface area contributed by atoms with Gasteiger partial charge in [-0.15, -0.1) is 10.2 Å². The third-order valence-corrected chi connectivity index (χ3v) is 3.29. The highest BCUT2D eigenvalue weighted by Gasteiger charge is 2.65. The molecule has 0 aromatic heterocycles. The monoisotopic (exact) mass is 351 g/mol. The quantitative estimate of drug-likeness (QED) is 0.873. The van der Waals surface area contributed by atoms with E-state index in [1.54, 1.807) is 0 Å². The maximum atomic E-state index is 12.9. The van der Waals surface area contributed by atoms with Gasteiger partial charge in [-0.25, -0.2) is 0 Å². The molecule has 20 heavy (non-hydrogen) atoms. The first-order chi connectivity index (χ1) is 9.15. The van der Waals surface area contributed by atoms with Crippen LogP contribution in [-0.2, 0) is 16.9 Å². The number of hydrogen-bond acceptors (Lipinski definition) is 4. The van der Waals surface area contributed by atoms with E-state index in [1.165, 1.54) is 18.2 Å². The lowest BCUT2D eigenvalue weighted by molar-refractivity contribution is -0.166. The molecule has 0 saturated heterocycles. The highest BCUT2D eigenvalue weighted by atomic mass is 79.9. The Balaban J connectivity index is 2.33. The Bertz CT molecular complexity index is 583. The van der Waals surface area contributed by atoms with Crippen molar-refractivity contribution < 1.29 is 23.1 Å². The topological polar surface area (TPSA) is 88.0 Å². The Morgan fingerprint density at radius 1 is 1.40 bits per heavy atom. The van der Waals surface area contributed by atoms with E-state index in [1.807, 2.05) is 0 Å². The van der Waals surface area contributed by atoms with E-state index in [0.29, 0.717) is 10.0 Å². The van der Waals surface area contributed by atoms with E-state index < -0.39 is 23.9 Å². The predicted molar refractivity (Wildman–Crippen MR) is 66.0 cm³/mol. The first-order valence-electron chi connectivity index (χ1n) is 5.45. The molecule has 1 aliphatic rings. The molecule has 0 amide bonds. The minimum absolute atomic E-state index is 0.0876. The van der Waals surface area contributed by atoms with Crippen LogP contribution >= 0.6 is 15.9 Å². The summed E-state index contributed by atoms with van der Waals surface area (Å²) in [5, 5.41) is 14.9. The second-order valence-corrected chi connectivity index (χ2v) is 5.28. The van der Waals surface area contributed by atoms with Crippen molar-refractivity contribution in [2.24, 2.45) is 16.0 Å². The fraction of sp³-hybridized carbons (Fsp3) is 0.364. The fourth-order valence-electron chi connectivity index (χ4n) is 1.75. The smallest absolute Gasteiger partial charge is 0.442 e. The molecule has 3 N–H and O–H groups in total. The largest absolute Gasteiger partial charge is 0.480 e. The van der Waals surface area contributed by atoms with Crippen molar-refractivity contribution in [1.29, 1.82) is 0 Å². The van der Waals surface area contributed by atoms with Crippen LogP contribution in [0.15, 0.2) is 32.9 Å². The Kier molecular flexibility index (Phi) is 3.59. The average Bonchev–Trinajstić information content (AvgIpc) is 3.07. The zero-order valence-corrected chi connectivity index (χ0v) is 11.4. The lowest BCUT2D eigenvalue weighted by atomic mass is 9.97. The minimum atomic E-state index is -4.63. The number of carbonyl (C=O) groups is 1. The van der Waals surface area contributed by atoms with E-state index in [2.05, 4.69) is 26.2 Å². The lowest BCUT2D eigenvalue weighted by Gasteiger charge is -2.16. The second kappa shape index (κ2) is 4.81. The molecule has 0 fully saturated rings. The van der Waals surface area contributed by atoms with Crippen molar-refractivity contribution in [2.75, 3.05) is 0 Å². The van der Waals surface area contributed by atoms with Crippen LogP contribution in [0.2, 0.25) is 0 Å². The molecular weight excluding hydrogens is 343 g/mol. The molecule has 1 atom stereocenters. The van der Waals surface area contributed by atoms with Crippen LogP contribution < -0.4 is 5.73 Å². The summed E-state index contributed by atoms with van der Waals surface area (Å²) in [4.78, 5) is 10.7. The summed E-state index contributed by atoms with van der Waals surface area (Å²) in [7, 11) is 0. The first kappa shape index (κ1) is 14.9. The maximum Gasteiger partial charge on any atom is 0.442 e. The molecule has 1 aromatic rings. The van der Waals surface area contributed by atoms with E-state index in [-0.39, 0.29) is 12.0 Å². The molecule has 0 aliphatic carbocycles. The number of carboxylic acid groups (broad SMARTS) is 1. The summed E-state index contributed by atoms with van der Waals surface area (Å²) in [6, 6.07) is 2.80. The number of benzene rings is 1. The molecule has 9 heteroatoms. The summed E-state index contributed by atoms with van der Waals surface area (Å²) in [5.74, 6) is -1.22. The van der Waals surface area contributed by atoms with E-state index in [4.69, 9.17) is 10.8 Å². The molecule has 0 saturated carbocycles. The molecule has 1 aromatic carbocycles. The van der Waals surface area contributed by atoms with Crippen LogP contribution in [0, 0.1) is 0 Å². The van der Waals surface area contributed by atoms with Gasteiger partial charge in [-0.1, -0.05) is 22.0 Å². The standard InChI is InChI=1S/C11H9BrF3N3O2/c12-7-2-5(3-8(16)9(19)20)1-6(4-7)10(17-18-10)11(13,14)15/h1-2,4,8H,3,16H2,(H,19,20)/t8-/m0/s1. The third kappa shape index (κ3) is 2.68. The number of rotatable bonds is 4. The van der Waals surface area contributed by atoms with Gasteiger partial charge in [0.1, 0.15) is 6.04 Å². The van der Waals surface area contributed by atoms with E-state index in [9.17, 15) is 18.0 Å². The molecule has 2 rings (SSSR count). The number of nitrogens with zero attached hydrogens (tertiary/aromatic N) is 2. The molecule has 108 valence electrons.